The zero-order chi connectivity index (χ0) is 27.9. The molecule has 1 aromatic heterocycles. The maximum atomic E-state index is 12.5. The summed E-state index contributed by atoms with van der Waals surface area (Å²) in [6, 6.07) is 17.3. The molecule has 0 amide bonds. The summed E-state index contributed by atoms with van der Waals surface area (Å²) in [7, 11) is 1.79. The van der Waals surface area contributed by atoms with Crippen LogP contribution < -0.4 is 20.2 Å². The van der Waals surface area contributed by atoms with E-state index in [0.29, 0.717) is 16.4 Å². The molecule has 0 saturated carbocycles. The molecule has 0 saturated heterocycles. The number of benzene rings is 3. The number of halogens is 3. The molecule has 2 heterocycles. The fourth-order valence-electron chi connectivity index (χ4n) is 4.58. The van der Waals surface area contributed by atoms with Gasteiger partial charge in [-0.2, -0.15) is 5.10 Å². The molecule has 11 heteroatoms. The topological polar surface area (TPSA) is 63.3 Å². The SMILES string of the molecule is C=[N+](NC(=S)Nc1c(C)cccc1C)c1ccc2c(c1)OCc1c-2nn(C)c1-c1ccc(OC(F)(F)F)cc1. The molecule has 2 N–H and O–H groups in total. The highest BCUT2D eigenvalue weighted by Crippen LogP contribution is 2.42. The predicted octanol–water partition coefficient (Wildman–Crippen LogP) is 6.41. The van der Waals surface area contributed by atoms with Crippen LogP contribution in [0.3, 0.4) is 0 Å². The summed E-state index contributed by atoms with van der Waals surface area (Å²) >= 11 is 5.49. The van der Waals surface area contributed by atoms with Crippen molar-refractivity contribution in [3.8, 4) is 34.0 Å². The molecule has 4 aromatic rings. The second-order valence-corrected chi connectivity index (χ2v) is 9.51. The summed E-state index contributed by atoms with van der Waals surface area (Å²) < 4.78 is 50.9. The van der Waals surface area contributed by atoms with Gasteiger partial charge in [0.2, 0.25) is 10.8 Å². The van der Waals surface area contributed by atoms with Crippen LogP contribution in [0.1, 0.15) is 16.7 Å². The zero-order valence-electron chi connectivity index (χ0n) is 21.4. The van der Waals surface area contributed by atoms with E-state index in [1.54, 1.807) is 28.5 Å². The maximum absolute atomic E-state index is 12.5. The van der Waals surface area contributed by atoms with E-state index in [1.165, 1.54) is 12.1 Å². The summed E-state index contributed by atoms with van der Waals surface area (Å²) in [5, 5.41) is 8.30. The second-order valence-electron chi connectivity index (χ2n) is 9.10. The molecular weight excluding hydrogens is 527 g/mol. The van der Waals surface area contributed by atoms with Crippen LogP contribution in [-0.4, -0.2) is 32.7 Å². The largest absolute Gasteiger partial charge is 0.573 e. The third-order valence-corrected chi connectivity index (χ3v) is 6.56. The van der Waals surface area contributed by atoms with Gasteiger partial charge in [0, 0.05) is 35.5 Å². The summed E-state index contributed by atoms with van der Waals surface area (Å²) in [6.45, 7) is 8.32. The first-order valence-electron chi connectivity index (χ1n) is 11.9. The highest BCUT2D eigenvalue weighted by atomic mass is 32.1. The van der Waals surface area contributed by atoms with E-state index in [2.05, 4.69) is 27.3 Å². The summed E-state index contributed by atoms with van der Waals surface area (Å²) in [4.78, 5) is 0. The lowest BCUT2D eigenvalue weighted by Gasteiger charge is -2.18. The summed E-state index contributed by atoms with van der Waals surface area (Å²) in [6.07, 6.45) is -4.75. The Labute approximate surface area is 228 Å². The number of nitrogens with one attached hydrogen (secondary N) is 2. The molecule has 0 spiro atoms. The van der Waals surface area contributed by atoms with Crippen molar-refractivity contribution in [3.05, 3.63) is 77.4 Å². The molecule has 0 fully saturated rings. The number of thiocarbonyl (C=S) groups is 1. The Bertz CT molecular complexity index is 1580. The highest BCUT2D eigenvalue weighted by molar-refractivity contribution is 7.80. The van der Waals surface area contributed by atoms with E-state index in [1.807, 2.05) is 50.2 Å². The van der Waals surface area contributed by atoms with Gasteiger partial charge in [-0.1, -0.05) is 22.9 Å². The molecule has 5 rings (SSSR count). The van der Waals surface area contributed by atoms with Gasteiger partial charge in [0.15, 0.2) is 6.72 Å². The molecule has 0 radical (unpaired) electrons. The zero-order valence-corrected chi connectivity index (χ0v) is 22.2. The number of hydrogen-bond acceptors (Lipinski definition) is 4. The molecule has 3 aromatic carbocycles. The molecule has 1 aliphatic heterocycles. The number of hydrazone groups is 1. The summed E-state index contributed by atoms with van der Waals surface area (Å²) in [5.41, 5.74) is 10.7. The number of fused-ring (bicyclic) bond motifs is 3. The molecule has 39 heavy (non-hydrogen) atoms. The quantitative estimate of drug-likeness (QED) is 0.129. The Morgan fingerprint density at radius 2 is 1.79 bits per heavy atom. The fourth-order valence-corrected chi connectivity index (χ4v) is 4.79. The van der Waals surface area contributed by atoms with Gasteiger partial charge in [0.25, 0.3) is 0 Å². The van der Waals surface area contributed by atoms with Crippen molar-refractivity contribution in [2.75, 3.05) is 5.32 Å². The van der Waals surface area contributed by atoms with E-state index in [4.69, 9.17) is 17.0 Å². The number of hydrazine groups is 1. The number of alkyl halides is 3. The normalized spacial score (nSPS) is 12.2. The first kappa shape index (κ1) is 26.2. The number of hydrogen-bond donors (Lipinski definition) is 2. The molecule has 1 aliphatic rings. The number of aryl methyl sites for hydroxylation is 3. The minimum Gasteiger partial charge on any atom is -0.488 e. The number of anilines is 1. The van der Waals surface area contributed by atoms with Crippen molar-refractivity contribution in [2.24, 2.45) is 7.05 Å². The molecule has 0 unspecified atom stereocenters. The third kappa shape index (κ3) is 5.44. The van der Waals surface area contributed by atoms with Crippen molar-refractivity contribution in [1.29, 1.82) is 0 Å². The third-order valence-electron chi connectivity index (χ3n) is 6.37. The Kier molecular flexibility index (Phi) is 6.77. The number of aromatic nitrogens is 2. The van der Waals surface area contributed by atoms with Crippen LogP contribution in [0.5, 0.6) is 11.5 Å². The minimum atomic E-state index is -4.75. The standard InChI is InChI=1S/C28H24F3N5O2S/c1-16-6-5-7-17(2)24(16)32-27(39)34-35(3)19-10-13-21-23(14-19)37-15-22-25(21)33-36(4)26(22)18-8-11-20(12-9-18)38-28(29,30)31/h5-14H,3,15H2,1-2,4H3,(H-,32,34,39)/p+1. The smallest absolute Gasteiger partial charge is 0.488 e. The number of nitrogens with zero attached hydrogens (tertiary/aromatic N) is 3. The number of para-hydroxylation sites is 1. The Morgan fingerprint density at radius 3 is 2.46 bits per heavy atom. The van der Waals surface area contributed by atoms with Crippen LogP contribution in [-0.2, 0) is 13.7 Å². The number of rotatable bonds is 5. The second kappa shape index (κ2) is 10.1. The Hall–Kier alpha value is -4.38. The van der Waals surface area contributed by atoms with Crippen molar-refractivity contribution in [1.82, 2.24) is 15.2 Å². The first-order chi connectivity index (χ1) is 18.5. The van der Waals surface area contributed by atoms with Gasteiger partial charge >= 0.3 is 6.36 Å². The van der Waals surface area contributed by atoms with Gasteiger partial charge in [-0.05, 0) is 67.5 Å². The van der Waals surface area contributed by atoms with Gasteiger partial charge in [-0.25, -0.2) is 0 Å². The fraction of sp³-hybridized carbons (Fsp3) is 0.179. The van der Waals surface area contributed by atoms with E-state index >= 15 is 0 Å². The lowest BCUT2D eigenvalue weighted by atomic mass is 9.99. The van der Waals surface area contributed by atoms with Crippen LogP contribution in [0, 0.1) is 13.8 Å². The predicted molar refractivity (Wildman–Crippen MR) is 147 cm³/mol. The van der Waals surface area contributed by atoms with E-state index < -0.39 is 6.36 Å². The van der Waals surface area contributed by atoms with Gasteiger partial charge < -0.3 is 14.8 Å². The number of ether oxygens (including phenoxy) is 2. The van der Waals surface area contributed by atoms with E-state index in [0.717, 1.165) is 45.0 Å². The molecule has 0 atom stereocenters. The van der Waals surface area contributed by atoms with E-state index in [9.17, 15) is 13.2 Å². The van der Waals surface area contributed by atoms with Crippen molar-refractivity contribution in [3.63, 3.8) is 0 Å². The van der Waals surface area contributed by atoms with Crippen LogP contribution in [0.25, 0.3) is 22.5 Å². The Morgan fingerprint density at radius 1 is 1.10 bits per heavy atom. The molecule has 0 aliphatic carbocycles. The van der Waals surface area contributed by atoms with Crippen molar-refractivity contribution < 1.29 is 27.3 Å². The van der Waals surface area contributed by atoms with Crippen LogP contribution in [0.15, 0.2) is 60.7 Å². The van der Waals surface area contributed by atoms with Gasteiger partial charge in [0.1, 0.15) is 23.8 Å². The average molecular weight is 553 g/mol. The van der Waals surface area contributed by atoms with Crippen LogP contribution >= 0.6 is 12.2 Å². The first-order valence-corrected chi connectivity index (χ1v) is 12.3. The molecule has 0 bridgehead atoms. The van der Waals surface area contributed by atoms with Crippen molar-refractivity contribution in [2.45, 2.75) is 26.8 Å². The van der Waals surface area contributed by atoms with Gasteiger partial charge in [-0.15, -0.1) is 18.6 Å². The Balaban J connectivity index is 1.35. The van der Waals surface area contributed by atoms with Gasteiger partial charge in [0.05, 0.1) is 11.8 Å². The maximum Gasteiger partial charge on any atom is 0.573 e. The highest BCUT2D eigenvalue weighted by Gasteiger charge is 2.31. The lowest BCUT2D eigenvalue weighted by Crippen LogP contribution is -2.34. The molecule has 7 nitrogen and oxygen atoms in total. The molecule has 200 valence electrons. The van der Waals surface area contributed by atoms with Crippen LogP contribution in [0.4, 0.5) is 24.5 Å². The monoisotopic (exact) mass is 552 g/mol. The van der Waals surface area contributed by atoms with Gasteiger partial charge in [-0.3, -0.25) is 4.68 Å². The van der Waals surface area contributed by atoms with E-state index in [-0.39, 0.29) is 12.4 Å². The lowest BCUT2D eigenvalue weighted by molar-refractivity contribution is -0.477. The summed E-state index contributed by atoms with van der Waals surface area (Å²) in [5.74, 6) is 0.342. The molecular formula is C28H25F3N5O2S+. The average Bonchev–Trinajstić information content (AvgIpc) is 3.21. The van der Waals surface area contributed by atoms with Crippen LogP contribution in [0.2, 0.25) is 0 Å². The van der Waals surface area contributed by atoms with Crippen molar-refractivity contribution >= 4 is 35.4 Å². The minimum absolute atomic E-state index is 0.243.